The van der Waals surface area contributed by atoms with E-state index < -0.39 is 18.3 Å². The molecule has 6 N–H and O–H groups in total. The van der Waals surface area contributed by atoms with Gasteiger partial charge in [-0.25, -0.2) is 9.18 Å². The van der Waals surface area contributed by atoms with E-state index in [0.717, 1.165) is 31.2 Å². The number of nitrogens with zero attached hydrogens (tertiary/aromatic N) is 1. The molecular formula is C21H32FN5O2. The fourth-order valence-electron chi connectivity index (χ4n) is 4.25. The first-order valence-corrected chi connectivity index (χ1v) is 10.5. The van der Waals surface area contributed by atoms with Crippen LogP contribution in [0.25, 0.3) is 0 Å². The van der Waals surface area contributed by atoms with Gasteiger partial charge in [-0.05, 0) is 43.6 Å². The minimum atomic E-state index is -0.961. The summed E-state index contributed by atoms with van der Waals surface area (Å²) in [4.78, 5) is 26.1. The average molecular weight is 406 g/mol. The normalized spacial score (nSPS) is 26.6. The van der Waals surface area contributed by atoms with Gasteiger partial charge in [0, 0.05) is 25.2 Å². The minimum absolute atomic E-state index is 0.0898. The fraction of sp³-hybridized carbons (Fsp3) is 0.619. The first-order chi connectivity index (χ1) is 13.9. The molecule has 0 aromatic heterocycles. The Hall–Kier alpha value is -2.19. The van der Waals surface area contributed by atoms with Crippen LogP contribution in [0.2, 0.25) is 0 Å². The Morgan fingerprint density at radius 2 is 1.79 bits per heavy atom. The Bertz CT molecular complexity index is 681. The van der Waals surface area contributed by atoms with Gasteiger partial charge in [0.15, 0.2) is 0 Å². The van der Waals surface area contributed by atoms with Gasteiger partial charge in [0.2, 0.25) is 5.91 Å². The summed E-state index contributed by atoms with van der Waals surface area (Å²) >= 11 is 0. The number of hydrogen-bond donors (Lipinski definition) is 4. The predicted molar refractivity (Wildman–Crippen MR) is 110 cm³/mol. The van der Waals surface area contributed by atoms with Crippen LogP contribution in [0.5, 0.6) is 0 Å². The zero-order chi connectivity index (χ0) is 20.8. The highest BCUT2D eigenvalue weighted by molar-refractivity contribution is 5.82. The quantitative estimate of drug-likeness (QED) is 0.571. The van der Waals surface area contributed by atoms with Crippen LogP contribution in [0.15, 0.2) is 30.3 Å². The van der Waals surface area contributed by atoms with Crippen LogP contribution >= 0.6 is 0 Å². The third-order valence-corrected chi connectivity index (χ3v) is 6.09. The number of benzene rings is 1. The smallest absolute Gasteiger partial charge is 0.315 e. The van der Waals surface area contributed by atoms with E-state index >= 15 is 0 Å². The van der Waals surface area contributed by atoms with E-state index in [-0.39, 0.29) is 30.4 Å². The highest BCUT2D eigenvalue weighted by atomic mass is 19.1. The topological polar surface area (TPSA) is 113 Å². The lowest BCUT2D eigenvalue weighted by molar-refractivity contribution is -0.132. The molecule has 2 aliphatic rings. The Morgan fingerprint density at radius 3 is 2.41 bits per heavy atom. The zero-order valence-electron chi connectivity index (χ0n) is 16.7. The van der Waals surface area contributed by atoms with Crippen molar-refractivity contribution in [2.24, 2.45) is 17.4 Å². The van der Waals surface area contributed by atoms with Crippen molar-refractivity contribution in [1.82, 2.24) is 15.5 Å². The van der Waals surface area contributed by atoms with Crippen molar-refractivity contribution >= 4 is 11.9 Å². The van der Waals surface area contributed by atoms with Gasteiger partial charge in [-0.1, -0.05) is 30.3 Å². The molecule has 8 heteroatoms. The molecule has 1 saturated carbocycles. The molecule has 160 valence electrons. The van der Waals surface area contributed by atoms with Gasteiger partial charge in [-0.15, -0.1) is 0 Å². The number of nitrogens with two attached hydrogens (primary N) is 2. The van der Waals surface area contributed by atoms with Gasteiger partial charge in [0.05, 0.1) is 12.6 Å². The standard InChI is InChI=1S/C21H32FN5O2/c22-16-10-11-27(13-16)20(28)19(24)18(23)15-6-8-17(9-7-15)26-21(29)25-12-14-4-2-1-3-5-14/h1-5,15-19H,6-13,23-24H2,(H2,25,26,29)/t15?,16-,17?,18-,19-/m0/s1. The number of carbonyl (C=O) groups is 2. The largest absolute Gasteiger partial charge is 0.338 e. The van der Waals surface area contributed by atoms with E-state index in [1.165, 1.54) is 4.90 Å². The molecule has 2 fully saturated rings. The lowest BCUT2D eigenvalue weighted by atomic mass is 9.79. The molecule has 1 heterocycles. The zero-order valence-corrected chi connectivity index (χ0v) is 16.7. The maximum Gasteiger partial charge on any atom is 0.315 e. The molecule has 3 rings (SSSR count). The van der Waals surface area contributed by atoms with Gasteiger partial charge < -0.3 is 27.0 Å². The van der Waals surface area contributed by atoms with Crippen LogP contribution in [0.3, 0.4) is 0 Å². The molecule has 1 saturated heterocycles. The molecule has 3 amide bonds. The van der Waals surface area contributed by atoms with E-state index in [1.807, 2.05) is 30.3 Å². The van der Waals surface area contributed by atoms with Crippen LogP contribution in [-0.4, -0.2) is 54.2 Å². The summed E-state index contributed by atoms with van der Waals surface area (Å²) in [6, 6.07) is 8.41. The van der Waals surface area contributed by atoms with E-state index in [1.54, 1.807) is 0 Å². The van der Waals surface area contributed by atoms with Crippen molar-refractivity contribution in [1.29, 1.82) is 0 Å². The number of amides is 3. The van der Waals surface area contributed by atoms with Gasteiger partial charge in [0.25, 0.3) is 0 Å². The molecule has 1 aliphatic heterocycles. The Balaban J connectivity index is 1.39. The number of nitrogens with one attached hydrogen (secondary N) is 2. The second-order valence-electron chi connectivity index (χ2n) is 8.20. The molecule has 3 atom stereocenters. The molecular weight excluding hydrogens is 373 g/mol. The van der Waals surface area contributed by atoms with E-state index in [9.17, 15) is 14.0 Å². The molecule has 29 heavy (non-hydrogen) atoms. The predicted octanol–water partition coefficient (Wildman–Crippen LogP) is 1.27. The van der Waals surface area contributed by atoms with Crippen LogP contribution in [0.1, 0.15) is 37.7 Å². The Morgan fingerprint density at radius 1 is 1.10 bits per heavy atom. The van der Waals surface area contributed by atoms with Gasteiger partial charge in [-0.3, -0.25) is 4.79 Å². The number of rotatable bonds is 6. The number of urea groups is 1. The van der Waals surface area contributed by atoms with E-state index in [0.29, 0.717) is 19.5 Å². The Kier molecular flexibility index (Phi) is 7.44. The monoisotopic (exact) mass is 405 g/mol. The molecule has 0 radical (unpaired) electrons. The van der Waals surface area contributed by atoms with Crippen molar-refractivity contribution in [3.63, 3.8) is 0 Å². The second-order valence-corrected chi connectivity index (χ2v) is 8.20. The Labute approximate surface area is 171 Å². The SMILES string of the molecule is N[C@H](C(=O)N1CC[C@H](F)C1)[C@@H](N)C1CCC(NC(=O)NCc2ccccc2)CC1. The number of likely N-dealkylation sites (tertiary alicyclic amines) is 1. The summed E-state index contributed by atoms with van der Waals surface area (Å²) in [6.45, 7) is 1.02. The summed E-state index contributed by atoms with van der Waals surface area (Å²) in [5, 5.41) is 5.88. The second kappa shape index (κ2) is 10.0. The maximum absolute atomic E-state index is 13.3. The maximum atomic E-state index is 13.3. The van der Waals surface area contributed by atoms with E-state index in [2.05, 4.69) is 10.6 Å². The van der Waals surface area contributed by atoms with Gasteiger partial charge >= 0.3 is 6.03 Å². The molecule has 0 spiro atoms. The highest BCUT2D eigenvalue weighted by Crippen LogP contribution is 2.28. The first-order valence-electron chi connectivity index (χ1n) is 10.5. The van der Waals surface area contributed by atoms with Crippen LogP contribution in [0, 0.1) is 5.92 Å². The summed E-state index contributed by atoms with van der Waals surface area (Å²) < 4.78 is 13.3. The van der Waals surface area contributed by atoms with Crippen LogP contribution in [0.4, 0.5) is 9.18 Å². The molecule has 1 aliphatic carbocycles. The molecule has 1 aromatic carbocycles. The van der Waals surface area contributed by atoms with Crippen LogP contribution in [-0.2, 0) is 11.3 Å². The van der Waals surface area contributed by atoms with Crippen molar-refractivity contribution in [3.8, 4) is 0 Å². The molecule has 7 nitrogen and oxygen atoms in total. The number of carbonyl (C=O) groups excluding carboxylic acids is 2. The van der Waals surface area contributed by atoms with Crippen molar-refractivity contribution in [3.05, 3.63) is 35.9 Å². The van der Waals surface area contributed by atoms with E-state index in [4.69, 9.17) is 11.5 Å². The summed E-state index contributed by atoms with van der Waals surface area (Å²) in [6.07, 6.45) is 2.62. The fourth-order valence-corrected chi connectivity index (χ4v) is 4.25. The number of halogens is 1. The third-order valence-electron chi connectivity index (χ3n) is 6.09. The van der Waals surface area contributed by atoms with Crippen LogP contribution < -0.4 is 22.1 Å². The summed E-state index contributed by atoms with van der Waals surface area (Å²) in [7, 11) is 0. The number of alkyl halides is 1. The average Bonchev–Trinajstić information content (AvgIpc) is 3.18. The molecule has 0 bridgehead atoms. The summed E-state index contributed by atoms with van der Waals surface area (Å²) in [5.74, 6) is -0.124. The highest BCUT2D eigenvalue weighted by Gasteiger charge is 2.36. The van der Waals surface area contributed by atoms with Crippen molar-refractivity contribution < 1.29 is 14.0 Å². The van der Waals surface area contributed by atoms with Crippen molar-refractivity contribution in [2.45, 2.75) is 62.9 Å². The summed E-state index contributed by atoms with van der Waals surface area (Å²) in [5.41, 5.74) is 13.4. The lowest BCUT2D eigenvalue weighted by Crippen LogP contribution is -2.56. The van der Waals surface area contributed by atoms with Crippen molar-refractivity contribution in [2.75, 3.05) is 13.1 Å². The first kappa shape index (κ1) is 21.5. The molecule has 1 aromatic rings. The number of hydrogen-bond acceptors (Lipinski definition) is 4. The third kappa shape index (κ3) is 5.90. The van der Waals surface area contributed by atoms with Gasteiger partial charge in [-0.2, -0.15) is 0 Å². The minimum Gasteiger partial charge on any atom is -0.338 e. The van der Waals surface area contributed by atoms with Gasteiger partial charge in [0.1, 0.15) is 6.17 Å². The molecule has 0 unspecified atom stereocenters. The lowest BCUT2D eigenvalue weighted by Gasteiger charge is -2.35.